The minimum absolute atomic E-state index is 0.00792. The first-order chi connectivity index (χ1) is 9.63. The quantitative estimate of drug-likeness (QED) is 0.788. The summed E-state index contributed by atoms with van der Waals surface area (Å²) in [4.78, 5) is 18.3. The van der Waals surface area contributed by atoms with Crippen molar-refractivity contribution in [3.05, 3.63) is 23.4 Å². The van der Waals surface area contributed by atoms with E-state index in [1.54, 1.807) is 12.1 Å². The molecule has 0 bridgehead atoms. The lowest BCUT2D eigenvalue weighted by molar-refractivity contribution is -0.148. The van der Waals surface area contributed by atoms with Crippen LogP contribution in [0.3, 0.4) is 0 Å². The van der Waals surface area contributed by atoms with Gasteiger partial charge in [-0.05, 0) is 38.8 Å². The monoisotopic (exact) mass is 273 g/mol. The van der Waals surface area contributed by atoms with Crippen LogP contribution in [0.15, 0.2) is 12.1 Å². The zero-order chi connectivity index (χ0) is 14.5. The van der Waals surface area contributed by atoms with Gasteiger partial charge in [-0.15, -0.1) is 0 Å². The number of nitrogens with zero attached hydrogens (tertiary/aromatic N) is 3. The third-order valence-corrected chi connectivity index (χ3v) is 3.51. The van der Waals surface area contributed by atoms with Crippen LogP contribution in [0.5, 0.6) is 0 Å². The predicted octanol–water partition coefficient (Wildman–Crippen LogP) is 2.04. The number of rotatable bonds is 3. The van der Waals surface area contributed by atoms with Crippen LogP contribution < -0.4 is 4.90 Å². The number of piperidine rings is 1. The number of hydrogen-bond acceptors (Lipinski definition) is 5. The Morgan fingerprint density at radius 2 is 2.20 bits per heavy atom. The van der Waals surface area contributed by atoms with Gasteiger partial charge in [-0.2, -0.15) is 5.26 Å². The summed E-state index contributed by atoms with van der Waals surface area (Å²) in [5.74, 6) is 0.720. The second kappa shape index (κ2) is 6.38. The second-order valence-electron chi connectivity index (χ2n) is 4.98. The maximum Gasteiger partial charge on any atom is 0.309 e. The van der Waals surface area contributed by atoms with E-state index in [0.717, 1.165) is 37.4 Å². The Labute approximate surface area is 119 Å². The molecule has 0 radical (unpaired) electrons. The van der Waals surface area contributed by atoms with Gasteiger partial charge < -0.3 is 9.64 Å². The minimum Gasteiger partial charge on any atom is -0.466 e. The molecule has 1 aliphatic rings. The number of carbonyl (C=O) groups excluding carboxylic acids is 1. The summed E-state index contributed by atoms with van der Waals surface area (Å²) in [5, 5.41) is 9.00. The number of ether oxygens (including phenoxy) is 1. The van der Waals surface area contributed by atoms with Crippen molar-refractivity contribution in [3.8, 4) is 6.07 Å². The van der Waals surface area contributed by atoms with E-state index in [2.05, 4.69) is 16.0 Å². The molecule has 5 heteroatoms. The van der Waals surface area contributed by atoms with E-state index in [0.29, 0.717) is 12.2 Å². The van der Waals surface area contributed by atoms with Gasteiger partial charge in [0.05, 0.1) is 24.2 Å². The van der Waals surface area contributed by atoms with Crippen LogP contribution in [0.25, 0.3) is 0 Å². The SMILES string of the molecule is CCOC(=O)C1CCN(c2cc(C#N)cc(C)n2)CC1. The third-order valence-electron chi connectivity index (χ3n) is 3.51. The van der Waals surface area contributed by atoms with Crippen LogP contribution in [0, 0.1) is 24.2 Å². The maximum absolute atomic E-state index is 11.7. The molecular weight excluding hydrogens is 254 g/mol. The fourth-order valence-corrected chi connectivity index (χ4v) is 2.48. The van der Waals surface area contributed by atoms with E-state index in [1.165, 1.54) is 0 Å². The molecule has 0 amide bonds. The highest BCUT2D eigenvalue weighted by Gasteiger charge is 2.26. The average Bonchev–Trinajstić information content (AvgIpc) is 2.47. The molecule has 2 rings (SSSR count). The van der Waals surface area contributed by atoms with Crippen LogP contribution in [0.1, 0.15) is 31.0 Å². The number of anilines is 1. The van der Waals surface area contributed by atoms with E-state index in [9.17, 15) is 4.79 Å². The van der Waals surface area contributed by atoms with Crippen LogP contribution in [-0.2, 0) is 9.53 Å². The predicted molar refractivity (Wildman–Crippen MR) is 75.3 cm³/mol. The topological polar surface area (TPSA) is 66.2 Å². The van der Waals surface area contributed by atoms with Gasteiger partial charge in [-0.25, -0.2) is 4.98 Å². The lowest BCUT2D eigenvalue weighted by Gasteiger charge is -2.31. The average molecular weight is 273 g/mol. The molecule has 1 fully saturated rings. The minimum atomic E-state index is -0.0953. The molecule has 1 aromatic rings. The van der Waals surface area contributed by atoms with Crippen molar-refractivity contribution in [2.75, 3.05) is 24.6 Å². The normalized spacial score (nSPS) is 15.8. The summed E-state index contributed by atoms with van der Waals surface area (Å²) in [6, 6.07) is 5.73. The molecule has 0 unspecified atom stereocenters. The number of esters is 1. The van der Waals surface area contributed by atoms with Crippen molar-refractivity contribution >= 4 is 11.8 Å². The smallest absolute Gasteiger partial charge is 0.309 e. The van der Waals surface area contributed by atoms with Gasteiger partial charge in [0.1, 0.15) is 5.82 Å². The van der Waals surface area contributed by atoms with Crippen molar-refractivity contribution in [2.45, 2.75) is 26.7 Å². The number of nitriles is 1. The number of pyridine rings is 1. The van der Waals surface area contributed by atoms with Gasteiger partial charge >= 0.3 is 5.97 Å². The Morgan fingerprint density at radius 3 is 2.80 bits per heavy atom. The van der Waals surface area contributed by atoms with E-state index in [4.69, 9.17) is 10.00 Å². The molecule has 0 aliphatic carbocycles. The van der Waals surface area contributed by atoms with E-state index >= 15 is 0 Å². The Bertz CT molecular complexity index is 528. The lowest BCUT2D eigenvalue weighted by atomic mass is 9.97. The molecule has 5 nitrogen and oxygen atoms in total. The number of carbonyl (C=O) groups is 1. The number of aryl methyl sites for hydroxylation is 1. The Hall–Kier alpha value is -2.09. The van der Waals surface area contributed by atoms with Gasteiger partial charge in [0.25, 0.3) is 0 Å². The molecule has 0 aromatic carbocycles. The molecule has 0 saturated carbocycles. The molecule has 20 heavy (non-hydrogen) atoms. The van der Waals surface area contributed by atoms with Crippen LogP contribution >= 0.6 is 0 Å². The Balaban J connectivity index is 2.02. The summed E-state index contributed by atoms with van der Waals surface area (Å²) in [7, 11) is 0. The molecule has 0 spiro atoms. The second-order valence-corrected chi connectivity index (χ2v) is 4.98. The molecule has 1 saturated heterocycles. The lowest BCUT2D eigenvalue weighted by Crippen LogP contribution is -2.37. The molecular formula is C15H19N3O2. The van der Waals surface area contributed by atoms with E-state index in [-0.39, 0.29) is 11.9 Å². The Kier molecular flexibility index (Phi) is 4.57. The first-order valence-electron chi connectivity index (χ1n) is 6.94. The Morgan fingerprint density at radius 1 is 1.50 bits per heavy atom. The highest BCUT2D eigenvalue weighted by atomic mass is 16.5. The van der Waals surface area contributed by atoms with Gasteiger partial charge in [-0.1, -0.05) is 0 Å². The summed E-state index contributed by atoms with van der Waals surface area (Å²) >= 11 is 0. The number of hydrogen-bond donors (Lipinski definition) is 0. The first kappa shape index (κ1) is 14.3. The van der Waals surface area contributed by atoms with Crippen molar-refractivity contribution < 1.29 is 9.53 Å². The van der Waals surface area contributed by atoms with E-state index < -0.39 is 0 Å². The van der Waals surface area contributed by atoms with Crippen molar-refractivity contribution in [1.82, 2.24) is 4.98 Å². The summed E-state index contributed by atoms with van der Waals surface area (Å²) in [6.45, 7) is 5.68. The van der Waals surface area contributed by atoms with Crippen LogP contribution in [0.2, 0.25) is 0 Å². The zero-order valence-corrected chi connectivity index (χ0v) is 11.9. The highest BCUT2D eigenvalue weighted by Crippen LogP contribution is 2.23. The van der Waals surface area contributed by atoms with Crippen LogP contribution in [0.4, 0.5) is 5.82 Å². The van der Waals surface area contributed by atoms with Crippen molar-refractivity contribution in [3.63, 3.8) is 0 Å². The molecule has 0 atom stereocenters. The summed E-state index contributed by atoms with van der Waals surface area (Å²) in [5.41, 5.74) is 1.46. The van der Waals surface area contributed by atoms with Crippen LogP contribution in [-0.4, -0.2) is 30.6 Å². The zero-order valence-electron chi connectivity index (χ0n) is 11.9. The fourth-order valence-electron chi connectivity index (χ4n) is 2.48. The van der Waals surface area contributed by atoms with Gasteiger partial charge in [0.15, 0.2) is 0 Å². The van der Waals surface area contributed by atoms with Crippen molar-refractivity contribution in [2.24, 2.45) is 5.92 Å². The first-order valence-corrected chi connectivity index (χ1v) is 6.94. The maximum atomic E-state index is 11.7. The third kappa shape index (κ3) is 3.27. The fraction of sp³-hybridized carbons (Fsp3) is 0.533. The van der Waals surface area contributed by atoms with Gasteiger partial charge in [-0.3, -0.25) is 4.79 Å². The molecule has 1 aromatic heterocycles. The van der Waals surface area contributed by atoms with Gasteiger partial charge in [0.2, 0.25) is 0 Å². The molecule has 2 heterocycles. The highest BCUT2D eigenvalue weighted by molar-refractivity contribution is 5.72. The largest absolute Gasteiger partial charge is 0.466 e. The standard InChI is InChI=1S/C15H19N3O2/c1-3-20-15(19)13-4-6-18(7-5-13)14-9-12(10-16)8-11(2)17-14/h8-9,13H,3-7H2,1-2H3. The molecule has 106 valence electrons. The summed E-state index contributed by atoms with van der Waals surface area (Å²) < 4.78 is 5.06. The molecule has 0 N–H and O–H groups in total. The van der Waals surface area contributed by atoms with Crippen molar-refractivity contribution in [1.29, 1.82) is 5.26 Å². The van der Waals surface area contributed by atoms with E-state index in [1.807, 2.05) is 13.8 Å². The van der Waals surface area contributed by atoms with Gasteiger partial charge in [0, 0.05) is 18.8 Å². The molecule has 1 aliphatic heterocycles. The summed E-state index contributed by atoms with van der Waals surface area (Å²) in [6.07, 6.45) is 1.55. The number of aromatic nitrogens is 1.